The number of pyridine rings is 1. The zero-order valence-electron chi connectivity index (χ0n) is 28.1. The number of aliphatic carboxylic acids is 1. The highest BCUT2D eigenvalue weighted by Gasteiger charge is 2.40. The van der Waals surface area contributed by atoms with Crippen LogP contribution in [0.3, 0.4) is 0 Å². The molecular weight excluding hydrogens is 668 g/mol. The number of fused-ring (bicyclic) bond motifs is 1. The Bertz CT molecular complexity index is 2130. The number of aromatic hydroxyl groups is 1. The van der Waals surface area contributed by atoms with Gasteiger partial charge in [-0.15, -0.1) is 0 Å². The van der Waals surface area contributed by atoms with Gasteiger partial charge in [-0.3, -0.25) is 14.4 Å². The molecule has 2 unspecified atom stereocenters. The molecular formula is C39H38N4O9. The summed E-state index contributed by atoms with van der Waals surface area (Å²) in [5, 5.41) is 45.7. The zero-order valence-corrected chi connectivity index (χ0v) is 28.1. The molecule has 13 nitrogen and oxygen atoms in total. The first kappa shape index (κ1) is 35.8. The number of H-pyrrole nitrogens is 1. The van der Waals surface area contributed by atoms with Gasteiger partial charge in [-0.05, 0) is 53.1 Å². The van der Waals surface area contributed by atoms with Gasteiger partial charge in [0, 0.05) is 61.8 Å². The summed E-state index contributed by atoms with van der Waals surface area (Å²) in [5.74, 6) is -1.73. The van der Waals surface area contributed by atoms with Gasteiger partial charge in [-0.25, -0.2) is 4.79 Å². The van der Waals surface area contributed by atoms with E-state index in [1.54, 1.807) is 64.4 Å². The summed E-state index contributed by atoms with van der Waals surface area (Å²) < 4.78 is 5.70. The molecule has 268 valence electrons. The van der Waals surface area contributed by atoms with Crippen LogP contribution in [0.5, 0.6) is 11.5 Å². The van der Waals surface area contributed by atoms with Crippen molar-refractivity contribution in [2.24, 2.45) is 0 Å². The number of carbonyl (C=O) groups is 3. The summed E-state index contributed by atoms with van der Waals surface area (Å²) in [7, 11) is 0. The highest BCUT2D eigenvalue weighted by molar-refractivity contribution is 5.94. The highest BCUT2D eigenvalue weighted by atomic mass is 16.5. The minimum absolute atomic E-state index is 0.0777. The third-order valence-electron chi connectivity index (χ3n) is 9.17. The lowest BCUT2D eigenvalue weighted by Crippen LogP contribution is -2.51. The van der Waals surface area contributed by atoms with Crippen LogP contribution in [-0.4, -0.2) is 92.3 Å². The Hall–Kier alpha value is -6.02. The minimum Gasteiger partial charge on any atom is -0.506 e. The van der Waals surface area contributed by atoms with Crippen LogP contribution in [0.4, 0.5) is 0 Å². The highest BCUT2D eigenvalue weighted by Crippen LogP contribution is 2.32. The molecule has 2 amide bonds. The number of hydrogen-bond donors (Lipinski definition) is 6. The van der Waals surface area contributed by atoms with E-state index in [1.807, 2.05) is 12.1 Å². The van der Waals surface area contributed by atoms with Crippen LogP contribution in [0.1, 0.15) is 38.7 Å². The van der Waals surface area contributed by atoms with Crippen molar-refractivity contribution < 1.29 is 39.5 Å². The number of aliphatic hydroxyl groups is 2. The Labute approximate surface area is 298 Å². The largest absolute Gasteiger partial charge is 0.506 e. The summed E-state index contributed by atoms with van der Waals surface area (Å²) in [4.78, 5) is 55.9. The number of ether oxygens (including phenoxy) is 1. The quantitative estimate of drug-likeness (QED) is 0.112. The second-order valence-electron chi connectivity index (χ2n) is 12.5. The van der Waals surface area contributed by atoms with E-state index >= 15 is 0 Å². The van der Waals surface area contributed by atoms with Crippen LogP contribution >= 0.6 is 0 Å². The topological polar surface area (TPSA) is 193 Å². The molecule has 1 aliphatic rings. The van der Waals surface area contributed by atoms with E-state index in [1.165, 1.54) is 36.4 Å². The molecule has 1 saturated heterocycles. The second kappa shape index (κ2) is 15.5. The molecule has 6 N–H and O–H groups in total. The number of hydrogen-bond acceptors (Lipinski definition) is 9. The van der Waals surface area contributed by atoms with E-state index in [9.17, 15) is 39.6 Å². The van der Waals surface area contributed by atoms with Crippen molar-refractivity contribution in [3.8, 4) is 11.5 Å². The van der Waals surface area contributed by atoms with E-state index < -0.39 is 17.7 Å². The monoisotopic (exact) mass is 706 g/mol. The SMILES string of the molecule is O=C(COc1cccc(C(O)(C(=O)O)c2ccccc2)c1)N1CCN(C(=O)c2ccc(CNCC(O)c3ccc(O)c4[nH]c(=O)ccc34)cc2)CC1. The molecule has 0 bridgehead atoms. The molecule has 6 rings (SSSR count). The molecule has 1 aromatic heterocycles. The summed E-state index contributed by atoms with van der Waals surface area (Å²) in [6.45, 7) is 1.65. The van der Waals surface area contributed by atoms with Gasteiger partial charge in [-0.1, -0.05) is 60.7 Å². The number of aliphatic hydroxyl groups excluding tert-OH is 1. The molecule has 2 atom stereocenters. The van der Waals surface area contributed by atoms with Gasteiger partial charge in [-0.2, -0.15) is 0 Å². The molecule has 2 heterocycles. The number of amides is 2. The van der Waals surface area contributed by atoms with Gasteiger partial charge in [0.1, 0.15) is 11.5 Å². The first-order valence-corrected chi connectivity index (χ1v) is 16.7. The predicted octanol–water partition coefficient (Wildman–Crippen LogP) is 2.74. The Morgan fingerprint density at radius 3 is 2.25 bits per heavy atom. The lowest BCUT2D eigenvalue weighted by atomic mass is 9.86. The lowest BCUT2D eigenvalue weighted by Gasteiger charge is -2.34. The fraction of sp³-hybridized carbons (Fsp3) is 0.231. The molecule has 0 radical (unpaired) electrons. The van der Waals surface area contributed by atoms with Crippen molar-refractivity contribution >= 4 is 28.7 Å². The number of aromatic nitrogens is 1. The van der Waals surface area contributed by atoms with Crippen LogP contribution in [0.25, 0.3) is 10.9 Å². The van der Waals surface area contributed by atoms with Gasteiger partial charge in [0.25, 0.3) is 11.8 Å². The number of piperazine rings is 1. The molecule has 52 heavy (non-hydrogen) atoms. The number of carbonyl (C=O) groups excluding carboxylic acids is 2. The number of carboxylic acid groups (broad SMARTS) is 1. The summed E-state index contributed by atoms with van der Waals surface area (Å²) in [5.41, 5.74) is -0.141. The molecule has 5 aromatic rings. The van der Waals surface area contributed by atoms with Crippen molar-refractivity contribution in [3.63, 3.8) is 0 Å². The van der Waals surface area contributed by atoms with Crippen molar-refractivity contribution in [3.05, 3.63) is 141 Å². The molecule has 0 spiro atoms. The average molecular weight is 707 g/mol. The van der Waals surface area contributed by atoms with Gasteiger partial charge in [0.05, 0.1) is 11.6 Å². The first-order chi connectivity index (χ1) is 25.0. The number of nitrogens with one attached hydrogen (secondary N) is 2. The average Bonchev–Trinajstić information content (AvgIpc) is 3.17. The van der Waals surface area contributed by atoms with Crippen molar-refractivity contribution in [1.29, 1.82) is 0 Å². The molecule has 13 heteroatoms. The Balaban J connectivity index is 0.968. The van der Waals surface area contributed by atoms with Crippen LogP contribution < -0.4 is 15.6 Å². The normalized spacial score (nSPS) is 14.8. The van der Waals surface area contributed by atoms with Gasteiger partial charge < -0.3 is 45.3 Å². The standard InChI is InChI=1S/C39H38N4O9/c44-32-15-13-30(31-14-16-34(46)41-36(31)32)33(45)23-40-22-25-9-11-26(12-10-25)37(48)43-19-17-42(18-20-43)35(47)24-52-29-8-4-7-28(21-29)39(51,38(49)50)27-5-2-1-3-6-27/h1-16,21,33,40,44-45,51H,17-20,22-24H2,(H,41,46)(H,49,50). The summed E-state index contributed by atoms with van der Waals surface area (Å²) >= 11 is 0. The van der Waals surface area contributed by atoms with Gasteiger partial charge in [0.15, 0.2) is 6.61 Å². The maximum absolute atomic E-state index is 13.2. The molecule has 1 aliphatic heterocycles. The maximum atomic E-state index is 13.2. The van der Waals surface area contributed by atoms with E-state index in [-0.39, 0.29) is 58.7 Å². The second-order valence-corrected chi connectivity index (χ2v) is 12.5. The maximum Gasteiger partial charge on any atom is 0.345 e. The smallest absolute Gasteiger partial charge is 0.345 e. The molecule has 0 saturated carbocycles. The van der Waals surface area contributed by atoms with Crippen LogP contribution in [-0.2, 0) is 21.7 Å². The zero-order chi connectivity index (χ0) is 36.8. The number of nitrogens with zero attached hydrogens (tertiary/aromatic N) is 2. The molecule has 4 aromatic carbocycles. The number of rotatable bonds is 12. The lowest BCUT2D eigenvalue weighted by molar-refractivity contribution is -0.155. The van der Waals surface area contributed by atoms with E-state index in [0.717, 1.165) is 5.56 Å². The van der Waals surface area contributed by atoms with Crippen molar-refractivity contribution in [2.45, 2.75) is 18.2 Å². The molecule has 0 aliphatic carbocycles. The van der Waals surface area contributed by atoms with E-state index in [0.29, 0.717) is 49.2 Å². The fourth-order valence-corrected chi connectivity index (χ4v) is 6.26. The van der Waals surface area contributed by atoms with E-state index in [4.69, 9.17) is 4.74 Å². The number of phenols is 1. The van der Waals surface area contributed by atoms with Crippen LogP contribution in [0.2, 0.25) is 0 Å². The Kier molecular flexibility index (Phi) is 10.7. The Morgan fingerprint density at radius 2 is 1.54 bits per heavy atom. The van der Waals surface area contributed by atoms with Crippen molar-refractivity contribution in [2.75, 3.05) is 39.3 Å². The van der Waals surface area contributed by atoms with Crippen molar-refractivity contribution in [1.82, 2.24) is 20.1 Å². The summed E-state index contributed by atoms with van der Waals surface area (Å²) in [6.07, 6.45) is -0.900. The number of carboxylic acids is 1. The number of aromatic amines is 1. The summed E-state index contributed by atoms with van der Waals surface area (Å²) in [6, 6.07) is 27.1. The molecule has 1 fully saturated rings. The van der Waals surface area contributed by atoms with E-state index in [2.05, 4.69) is 10.3 Å². The number of benzene rings is 4. The fourth-order valence-electron chi connectivity index (χ4n) is 6.26. The van der Waals surface area contributed by atoms with Crippen LogP contribution in [0.15, 0.2) is 108 Å². The predicted molar refractivity (Wildman–Crippen MR) is 191 cm³/mol. The van der Waals surface area contributed by atoms with Gasteiger partial charge in [0.2, 0.25) is 11.2 Å². The third-order valence-corrected chi connectivity index (χ3v) is 9.17. The van der Waals surface area contributed by atoms with Gasteiger partial charge >= 0.3 is 5.97 Å². The first-order valence-electron chi connectivity index (χ1n) is 16.7. The number of phenolic OH excluding ortho intramolecular Hbond substituents is 1. The van der Waals surface area contributed by atoms with Crippen LogP contribution in [0, 0.1) is 0 Å². The minimum atomic E-state index is -2.30. The Morgan fingerprint density at radius 1 is 0.846 bits per heavy atom. The third kappa shape index (κ3) is 7.66.